The highest BCUT2D eigenvalue weighted by Crippen LogP contribution is 2.27. The Morgan fingerprint density at radius 3 is 2.63 bits per heavy atom. The van der Waals surface area contributed by atoms with Gasteiger partial charge in [-0.05, 0) is 45.0 Å². The van der Waals surface area contributed by atoms with E-state index in [4.69, 9.17) is 0 Å². The van der Waals surface area contributed by atoms with E-state index in [0.29, 0.717) is 6.42 Å². The molecule has 3 nitrogen and oxygen atoms in total. The van der Waals surface area contributed by atoms with Crippen LogP contribution in [0, 0.1) is 11.2 Å². The van der Waals surface area contributed by atoms with Gasteiger partial charge < -0.3 is 9.67 Å². The van der Waals surface area contributed by atoms with Crippen molar-refractivity contribution in [1.82, 2.24) is 4.57 Å². The first-order chi connectivity index (χ1) is 8.85. The minimum Gasteiger partial charge on any atom is -0.481 e. The quantitative estimate of drug-likeness (QED) is 0.918. The van der Waals surface area contributed by atoms with Gasteiger partial charge in [0.15, 0.2) is 0 Å². The molecule has 1 aromatic carbocycles. The number of rotatable bonds is 4. The third-order valence-corrected chi connectivity index (χ3v) is 3.47. The summed E-state index contributed by atoms with van der Waals surface area (Å²) in [7, 11) is 0. The van der Waals surface area contributed by atoms with E-state index in [1.54, 1.807) is 19.9 Å². The molecule has 19 heavy (non-hydrogen) atoms. The third kappa shape index (κ3) is 2.48. The zero-order valence-electron chi connectivity index (χ0n) is 11.4. The second-order valence-electron chi connectivity index (χ2n) is 5.45. The molecule has 0 atom stereocenters. The molecule has 2 aromatic rings. The average Bonchev–Trinajstić information content (AvgIpc) is 2.64. The Morgan fingerprint density at radius 2 is 2.05 bits per heavy atom. The van der Waals surface area contributed by atoms with Crippen molar-refractivity contribution < 1.29 is 14.3 Å². The van der Waals surface area contributed by atoms with Gasteiger partial charge >= 0.3 is 5.97 Å². The summed E-state index contributed by atoms with van der Waals surface area (Å²) in [5, 5.41) is 10.0. The van der Waals surface area contributed by atoms with Crippen molar-refractivity contribution >= 4 is 16.9 Å². The Morgan fingerprint density at radius 1 is 1.37 bits per heavy atom. The molecule has 0 amide bonds. The number of aliphatic carboxylic acids is 1. The van der Waals surface area contributed by atoms with Gasteiger partial charge in [0.2, 0.25) is 0 Å². The molecule has 2 rings (SSSR count). The monoisotopic (exact) mass is 263 g/mol. The zero-order valence-corrected chi connectivity index (χ0v) is 11.4. The van der Waals surface area contributed by atoms with E-state index in [2.05, 4.69) is 0 Å². The van der Waals surface area contributed by atoms with Crippen molar-refractivity contribution in [1.29, 1.82) is 0 Å². The van der Waals surface area contributed by atoms with E-state index in [-0.39, 0.29) is 5.82 Å². The van der Waals surface area contributed by atoms with Crippen molar-refractivity contribution in [3.05, 3.63) is 35.8 Å². The standard InChI is InChI=1S/C15H18FNO2/c1-4-17-12(9-15(2,3)14(18)19)8-10-7-11(16)5-6-13(10)17/h5-8H,4,9H2,1-3H3,(H,18,19). The van der Waals surface area contributed by atoms with Crippen molar-refractivity contribution in [2.75, 3.05) is 0 Å². The van der Waals surface area contributed by atoms with Gasteiger partial charge in [0, 0.05) is 29.6 Å². The number of nitrogens with zero attached hydrogens (tertiary/aromatic N) is 1. The summed E-state index contributed by atoms with van der Waals surface area (Å²) in [5.74, 6) is -1.10. The predicted octanol–water partition coefficient (Wildman–Crippen LogP) is 3.45. The molecule has 0 spiro atoms. The van der Waals surface area contributed by atoms with Gasteiger partial charge in [-0.3, -0.25) is 4.79 Å². The maximum atomic E-state index is 13.2. The molecule has 0 radical (unpaired) electrons. The lowest BCUT2D eigenvalue weighted by molar-refractivity contribution is -0.146. The van der Waals surface area contributed by atoms with Crippen LogP contribution in [0.1, 0.15) is 26.5 Å². The largest absolute Gasteiger partial charge is 0.481 e. The maximum Gasteiger partial charge on any atom is 0.309 e. The van der Waals surface area contributed by atoms with Gasteiger partial charge in [0.05, 0.1) is 5.41 Å². The molecular weight excluding hydrogens is 245 g/mol. The first-order valence-corrected chi connectivity index (χ1v) is 6.36. The number of aryl methyl sites for hydroxylation is 1. The Hall–Kier alpha value is -1.84. The van der Waals surface area contributed by atoms with E-state index < -0.39 is 11.4 Å². The fourth-order valence-corrected chi connectivity index (χ4v) is 2.35. The lowest BCUT2D eigenvalue weighted by Gasteiger charge is -2.20. The van der Waals surface area contributed by atoms with E-state index in [9.17, 15) is 14.3 Å². The predicted molar refractivity (Wildman–Crippen MR) is 72.7 cm³/mol. The fraction of sp³-hybridized carbons (Fsp3) is 0.400. The molecule has 0 saturated heterocycles. The molecule has 0 aliphatic carbocycles. The van der Waals surface area contributed by atoms with Crippen LogP contribution in [-0.4, -0.2) is 15.6 Å². The van der Waals surface area contributed by atoms with Crippen molar-refractivity contribution in [3.63, 3.8) is 0 Å². The molecule has 0 fully saturated rings. The van der Waals surface area contributed by atoms with Gasteiger partial charge in [-0.25, -0.2) is 4.39 Å². The fourth-order valence-electron chi connectivity index (χ4n) is 2.35. The SMILES string of the molecule is CCn1c(CC(C)(C)C(=O)O)cc2cc(F)ccc21. The number of carboxylic acid groups (broad SMARTS) is 1. The van der Waals surface area contributed by atoms with Crippen molar-refractivity contribution in [2.45, 2.75) is 33.7 Å². The molecule has 4 heteroatoms. The topological polar surface area (TPSA) is 42.2 Å². The second kappa shape index (κ2) is 4.68. The molecule has 0 unspecified atom stereocenters. The summed E-state index contributed by atoms with van der Waals surface area (Å²) in [4.78, 5) is 11.2. The summed E-state index contributed by atoms with van der Waals surface area (Å²) in [5.41, 5.74) is 1.04. The highest BCUT2D eigenvalue weighted by molar-refractivity contribution is 5.82. The van der Waals surface area contributed by atoms with Gasteiger partial charge in [-0.1, -0.05) is 0 Å². The van der Waals surface area contributed by atoms with Gasteiger partial charge in [-0.2, -0.15) is 0 Å². The number of halogens is 1. The minimum atomic E-state index is -0.833. The van der Waals surface area contributed by atoms with Crippen LogP contribution in [0.25, 0.3) is 10.9 Å². The Kier molecular flexibility index (Phi) is 3.35. The maximum absolute atomic E-state index is 13.2. The van der Waals surface area contributed by atoms with Crippen LogP contribution in [0.2, 0.25) is 0 Å². The molecule has 0 saturated carbocycles. The average molecular weight is 263 g/mol. The Bertz CT molecular complexity index is 628. The third-order valence-electron chi connectivity index (χ3n) is 3.47. The second-order valence-corrected chi connectivity index (χ2v) is 5.45. The molecular formula is C15H18FNO2. The van der Waals surface area contributed by atoms with Crippen LogP contribution < -0.4 is 0 Å². The molecule has 0 aliphatic rings. The van der Waals surface area contributed by atoms with E-state index in [0.717, 1.165) is 23.1 Å². The highest BCUT2D eigenvalue weighted by Gasteiger charge is 2.29. The smallest absolute Gasteiger partial charge is 0.309 e. The molecule has 0 aliphatic heterocycles. The summed E-state index contributed by atoms with van der Waals surface area (Å²) >= 11 is 0. The number of hydrogen-bond donors (Lipinski definition) is 1. The number of carbonyl (C=O) groups is 1. The number of carboxylic acids is 1. The van der Waals surface area contributed by atoms with E-state index in [1.165, 1.54) is 12.1 Å². The number of aromatic nitrogens is 1. The van der Waals surface area contributed by atoms with Crippen molar-refractivity contribution in [3.8, 4) is 0 Å². The van der Waals surface area contributed by atoms with E-state index >= 15 is 0 Å². The lowest BCUT2D eigenvalue weighted by Crippen LogP contribution is -2.27. The van der Waals surface area contributed by atoms with Crippen LogP contribution in [-0.2, 0) is 17.8 Å². The molecule has 1 aromatic heterocycles. The molecule has 102 valence electrons. The van der Waals surface area contributed by atoms with Crippen LogP contribution in [0.5, 0.6) is 0 Å². The van der Waals surface area contributed by atoms with Crippen LogP contribution in [0.15, 0.2) is 24.3 Å². The lowest BCUT2D eigenvalue weighted by atomic mass is 9.88. The van der Waals surface area contributed by atoms with Crippen LogP contribution in [0.4, 0.5) is 4.39 Å². The zero-order chi connectivity index (χ0) is 14.2. The molecule has 0 bridgehead atoms. The Labute approximate surface area is 111 Å². The van der Waals surface area contributed by atoms with Gasteiger partial charge in [-0.15, -0.1) is 0 Å². The van der Waals surface area contributed by atoms with Crippen molar-refractivity contribution in [2.24, 2.45) is 5.41 Å². The van der Waals surface area contributed by atoms with Crippen LogP contribution in [0.3, 0.4) is 0 Å². The number of hydrogen-bond acceptors (Lipinski definition) is 1. The first-order valence-electron chi connectivity index (χ1n) is 6.36. The normalized spacial score (nSPS) is 12.0. The van der Waals surface area contributed by atoms with E-state index in [1.807, 2.05) is 17.6 Å². The summed E-state index contributed by atoms with van der Waals surface area (Å²) < 4.78 is 15.3. The van der Waals surface area contributed by atoms with Gasteiger partial charge in [0.25, 0.3) is 0 Å². The molecule has 1 N–H and O–H groups in total. The minimum absolute atomic E-state index is 0.273. The highest BCUT2D eigenvalue weighted by atomic mass is 19.1. The summed E-state index contributed by atoms with van der Waals surface area (Å²) in [6.45, 7) is 6.14. The number of fused-ring (bicyclic) bond motifs is 1. The number of benzene rings is 1. The first kappa shape index (κ1) is 13.6. The summed E-state index contributed by atoms with van der Waals surface area (Å²) in [6.07, 6.45) is 0.423. The molecule has 1 heterocycles. The van der Waals surface area contributed by atoms with Gasteiger partial charge in [0.1, 0.15) is 5.82 Å². The van der Waals surface area contributed by atoms with Crippen LogP contribution >= 0.6 is 0 Å². The Balaban J connectivity index is 2.51. The summed E-state index contributed by atoms with van der Waals surface area (Å²) in [6, 6.07) is 6.54.